The first-order valence-electron chi connectivity index (χ1n) is 5.30. The van der Waals surface area contributed by atoms with Crippen LogP contribution in [0.15, 0.2) is 24.3 Å². The number of hydrogen-bond donors (Lipinski definition) is 0. The average Bonchev–Trinajstić information content (AvgIpc) is 2.29. The highest BCUT2D eigenvalue weighted by atomic mass is 16.5. The number of rotatable bonds is 5. The van der Waals surface area contributed by atoms with E-state index in [1.165, 1.54) is 0 Å². The van der Waals surface area contributed by atoms with Gasteiger partial charge >= 0.3 is 0 Å². The van der Waals surface area contributed by atoms with Gasteiger partial charge in [0.15, 0.2) is 0 Å². The van der Waals surface area contributed by atoms with Crippen LogP contribution >= 0.6 is 0 Å². The Morgan fingerprint density at radius 1 is 1.44 bits per heavy atom. The molecule has 16 heavy (non-hydrogen) atoms. The van der Waals surface area contributed by atoms with Gasteiger partial charge in [-0.1, -0.05) is 12.1 Å². The molecule has 0 unspecified atom stereocenters. The molecule has 0 saturated heterocycles. The van der Waals surface area contributed by atoms with Crippen LogP contribution in [0.2, 0.25) is 0 Å². The summed E-state index contributed by atoms with van der Waals surface area (Å²) < 4.78 is 5.10. The van der Waals surface area contributed by atoms with Crippen LogP contribution in [0.5, 0.6) is 5.75 Å². The summed E-state index contributed by atoms with van der Waals surface area (Å²) >= 11 is 0. The standard InChI is InChI=1S/C14H16O2/c1-3-4-5-8-13(15)10-12-7-6-9-14(11-12)16-2/h6-7,9,11H,5,8,10H2,1-2H3. The molecular weight excluding hydrogens is 200 g/mol. The van der Waals surface area contributed by atoms with Gasteiger partial charge in [0.1, 0.15) is 11.5 Å². The van der Waals surface area contributed by atoms with Gasteiger partial charge < -0.3 is 4.74 Å². The van der Waals surface area contributed by atoms with E-state index >= 15 is 0 Å². The molecule has 0 aliphatic carbocycles. The molecule has 0 aromatic heterocycles. The van der Waals surface area contributed by atoms with Crippen molar-refractivity contribution in [1.29, 1.82) is 0 Å². The fourth-order valence-corrected chi connectivity index (χ4v) is 1.43. The number of hydrogen-bond acceptors (Lipinski definition) is 2. The molecular formula is C14H16O2. The molecule has 2 heteroatoms. The van der Waals surface area contributed by atoms with E-state index in [0.29, 0.717) is 19.3 Å². The molecule has 0 heterocycles. The van der Waals surface area contributed by atoms with Crippen molar-refractivity contribution < 1.29 is 9.53 Å². The Balaban J connectivity index is 2.51. The van der Waals surface area contributed by atoms with Gasteiger partial charge in [-0.15, -0.1) is 11.8 Å². The third-order valence-corrected chi connectivity index (χ3v) is 2.24. The lowest BCUT2D eigenvalue weighted by molar-refractivity contribution is -0.118. The highest BCUT2D eigenvalue weighted by molar-refractivity contribution is 5.81. The van der Waals surface area contributed by atoms with Crippen molar-refractivity contribution in [2.24, 2.45) is 0 Å². The summed E-state index contributed by atoms with van der Waals surface area (Å²) in [5, 5.41) is 0. The van der Waals surface area contributed by atoms with Crippen molar-refractivity contribution in [2.45, 2.75) is 26.2 Å². The number of Topliss-reactive ketones (excluding diaryl/α,β-unsaturated/α-hetero) is 1. The van der Waals surface area contributed by atoms with E-state index in [1.807, 2.05) is 24.3 Å². The van der Waals surface area contributed by atoms with Crippen LogP contribution in [0.3, 0.4) is 0 Å². The zero-order valence-electron chi connectivity index (χ0n) is 9.75. The molecule has 0 N–H and O–H groups in total. The summed E-state index contributed by atoms with van der Waals surface area (Å²) in [5.41, 5.74) is 0.994. The molecule has 2 nitrogen and oxygen atoms in total. The summed E-state index contributed by atoms with van der Waals surface area (Å²) in [5.74, 6) is 6.68. The van der Waals surface area contributed by atoms with Crippen molar-refractivity contribution in [3.8, 4) is 17.6 Å². The first-order chi connectivity index (χ1) is 7.76. The Morgan fingerprint density at radius 3 is 2.94 bits per heavy atom. The number of carbonyl (C=O) groups excluding carboxylic acids is 1. The van der Waals surface area contributed by atoms with Crippen molar-refractivity contribution in [3.63, 3.8) is 0 Å². The van der Waals surface area contributed by atoms with E-state index in [1.54, 1.807) is 14.0 Å². The molecule has 0 radical (unpaired) electrons. The molecule has 0 spiro atoms. The number of benzene rings is 1. The fraction of sp³-hybridized carbons (Fsp3) is 0.357. The molecule has 0 atom stereocenters. The highest BCUT2D eigenvalue weighted by Gasteiger charge is 2.03. The van der Waals surface area contributed by atoms with Crippen LogP contribution in [-0.2, 0) is 11.2 Å². The third-order valence-electron chi connectivity index (χ3n) is 2.24. The van der Waals surface area contributed by atoms with E-state index in [9.17, 15) is 4.79 Å². The summed E-state index contributed by atoms with van der Waals surface area (Å²) in [6.07, 6.45) is 1.64. The van der Waals surface area contributed by atoms with Crippen LogP contribution in [-0.4, -0.2) is 12.9 Å². The smallest absolute Gasteiger partial charge is 0.138 e. The van der Waals surface area contributed by atoms with Gasteiger partial charge in [0, 0.05) is 19.3 Å². The van der Waals surface area contributed by atoms with Gasteiger partial charge in [-0.2, -0.15) is 0 Å². The van der Waals surface area contributed by atoms with E-state index < -0.39 is 0 Å². The topological polar surface area (TPSA) is 26.3 Å². The Hall–Kier alpha value is -1.75. The normalized spacial score (nSPS) is 9.12. The van der Waals surface area contributed by atoms with Gasteiger partial charge in [0.05, 0.1) is 7.11 Å². The van der Waals surface area contributed by atoms with Gasteiger partial charge in [-0.3, -0.25) is 4.79 Å². The maximum absolute atomic E-state index is 11.6. The quantitative estimate of drug-likeness (QED) is 0.707. The lowest BCUT2D eigenvalue weighted by Gasteiger charge is -2.03. The van der Waals surface area contributed by atoms with Crippen molar-refractivity contribution in [3.05, 3.63) is 29.8 Å². The predicted molar refractivity (Wildman–Crippen MR) is 64.4 cm³/mol. The number of methoxy groups -OCH3 is 1. The minimum absolute atomic E-state index is 0.219. The Morgan fingerprint density at radius 2 is 2.25 bits per heavy atom. The lowest BCUT2D eigenvalue weighted by atomic mass is 10.1. The predicted octanol–water partition coefficient (Wildman–Crippen LogP) is 2.61. The van der Waals surface area contributed by atoms with E-state index in [2.05, 4.69) is 11.8 Å². The minimum Gasteiger partial charge on any atom is -0.497 e. The molecule has 0 aliphatic heterocycles. The number of ketones is 1. The van der Waals surface area contributed by atoms with E-state index in [-0.39, 0.29) is 5.78 Å². The first-order valence-corrected chi connectivity index (χ1v) is 5.30. The monoisotopic (exact) mass is 216 g/mol. The van der Waals surface area contributed by atoms with Gasteiger partial charge in [-0.25, -0.2) is 0 Å². The fourth-order valence-electron chi connectivity index (χ4n) is 1.43. The molecule has 0 aliphatic rings. The second-order valence-electron chi connectivity index (χ2n) is 3.49. The first kappa shape index (κ1) is 12.3. The lowest BCUT2D eigenvalue weighted by Crippen LogP contribution is -2.02. The molecule has 0 saturated carbocycles. The summed E-state index contributed by atoms with van der Waals surface area (Å²) in [4.78, 5) is 11.6. The summed E-state index contributed by atoms with van der Waals surface area (Å²) in [7, 11) is 1.62. The van der Waals surface area contributed by atoms with Gasteiger partial charge in [0.2, 0.25) is 0 Å². The molecule has 0 bridgehead atoms. The van der Waals surface area contributed by atoms with Crippen LogP contribution in [0.1, 0.15) is 25.3 Å². The van der Waals surface area contributed by atoms with Crippen LogP contribution in [0.4, 0.5) is 0 Å². The molecule has 1 rings (SSSR count). The summed E-state index contributed by atoms with van der Waals surface area (Å²) in [6, 6.07) is 7.60. The number of carbonyl (C=O) groups is 1. The molecule has 84 valence electrons. The zero-order valence-corrected chi connectivity index (χ0v) is 9.75. The molecule has 0 fully saturated rings. The van der Waals surface area contributed by atoms with Crippen molar-refractivity contribution in [1.82, 2.24) is 0 Å². The Bertz CT molecular complexity index is 410. The zero-order chi connectivity index (χ0) is 11.8. The van der Waals surface area contributed by atoms with Gasteiger partial charge in [0.25, 0.3) is 0 Å². The Kier molecular flexibility index (Phi) is 5.15. The van der Waals surface area contributed by atoms with Crippen LogP contribution in [0.25, 0.3) is 0 Å². The van der Waals surface area contributed by atoms with Crippen LogP contribution in [0, 0.1) is 11.8 Å². The van der Waals surface area contributed by atoms with Crippen molar-refractivity contribution in [2.75, 3.05) is 7.11 Å². The Labute approximate surface area is 96.6 Å². The van der Waals surface area contributed by atoms with Crippen molar-refractivity contribution >= 4 is 5.78 Å². The molecule has 0 amide bonds. The van der Waals surface area contributed by atoms with Crippen LogP contribution < -0.4 is 4.74 Å². The highest BCUT2D eigenvalue weighted by Crippen LogP contribution is 2.13. The second-order valence-corrected chi connectivity index (χ2v) is 3.49. The summed E-state index contributed by atoms with van der Waals surface area (Å²) in [6.45, 7) is 1.78. The largest absolute Gasteiger partial charge is 0.497 e. The molecule has 1 aromatic rings. The minimum atomic E-state index is 0.219. The average molecular weight is 216 g/mol. The van der Waals surface area contributed by atoms with E-state index in [4.69, 9.17) is 4.74 Å². The SMILES string of the molecule is CC#CCCC(=O)Cc1cccc(OC)c1. The van der Waals surface area contributed by atoms with Gasteiger partial charge in [-0.05, 0) is 24.6 Å². The maximum Gasteiger partial charge on any atom is 0.138 e. The number of ether oxygens (including phenoxy) is 1. The second kappa shape index (κ2) is 6.68. The van der Waals surface area contributed by atoms with E-state index in [0.717, 1.165) is 11.3 Å². The third kappa shape index (κ3) is 4.18. The molecule has 1 aromatic carbocycles. The maximum atomic E-state index is 11.6.